The fourth-order valence-electron chi connectivity index (χ4n) is 1.20. The third-order valence-electron chi connectivity index (χ3n) is 1.94. The number of hydrogen-bond acceptors (Lipinski definition) is 4. The number of phenols is 1. The van der Waals surface area contributed by atoms with E-state index in [4.69, 9.17) is 9.47 Å². The van der Waals surface area contributed by atoms with E-state index in [0.717, 1.165) is 6.08 Å². The maximum Gasteiger partial charge on any atom is 0.192 e. The zero-order valence-electron chi connectivity index (χ0n) is 8.61. The van der Waals surface area contributed by atoms with Crippen molar-refractivity contribution in [2.24, 2.45) is 0 Å². The monoisotopic (exact) mass is 208 g/mol. The predicted octanol–water partition coefficient (Wildman–Crippen LogP) is 1.78. The van der Waals surface area contributed by atoms with Crippen LogP contribution in [0.25, 0.3) is 0 Å². The summed E-state index contributed by atoms with van der Waals surface area (Å²) in [6.07, 6.45) is 1.12. The molecular weight excluding hydrogens is 196 g/mol. The first-order chi connectivity index (χ1) is 7.13. The van der Waals surface area contributed by atoms with E-state index in [0.29, 0.717) is 5.75 Å². The molecule has 15 heavy (non-hydrogen) atoms. The van der Waals surface area contributed by atoms with Gasteiger partial charge in [0, 0.05) is 12.1 Å². The van der Waals surface area contributed by atoms with Crippen molar-refractivity contribution in [2.75, 3.05) is 14.2 Å². The van der Waals surface area contributed by atoms with Crippen LogP contribution in [0.3, 0.4) is 0 Å². The molecule has 0 heterocycles. The standard InChI is InChI=1S/C11H12O4/c1-4-8(12)11-9(13)5-7(14-2)6-10(11)15-3/h4-6,13H,1H2,2-3H3. The fourth-order valence-corrected chi connectivity index (χ4v) is 1.20. The molecule has 0 bridgehead atoms. The van der Waals surface area contributed by atoms with Crippen LogP contribution in [0, 0.1) is 0 Å². The van der Waals surface area contributed by atoms with E-state index >= 15 is 0 Å². The van der Waals surface area contributed by atoms with Gasteiger partial charge in [-0.2, -0.15) is 0 Å². The quantitative estimate of drug-likeness (QED) is 0.605. The Bertz CT molecular complexity index is 396. The number of aromatic hydroxyl groups is 1. The molecule has 1 rings (SSSR count). The Balaban J connectivity index is 3.36. The number of ether oxygens (including phenoxy) is 2. The summed E-state index contributed by atoms with van der Waals surface area (Å²) in [5.74, 6) is 0.102. The minimum Gasteiger partial charge on any atom is -0.507 e. The molecule has 0 saturated heterocycles. The molecule has 80 valence electrons. The first kappa shape index (κ1) is 11.1. The van der Waals surface area contributed by atoms with Crippen molar-refractivity contribution in [1.82, 2.24) is 0 Å². The highest BCUT2D eigenvalue weighted by molar-refractivity contribution is 6.08. The number of methoxy groups -OCH3 is 2. The lowest BCUT2D eigenvalue weighted by Crippen LogP contribution is -2.00. The van der Waals surface area contributed by atoms with Gasteiger partial charge in [-0.15, -0.1) is 0 Å². The number of benzene rings is 1. The average molecular weight is 208 g/mol. The third-order valence-corrected chi connectivity index (χ3v) is 1.94. The summed E-state index contributed by atoms with van der Waals surface area (Å²) in [5, 5.41) is 9.61. The van der Waals surface area contributed by atoms with E-state index in [2.05, 4.69) is 6.58 Å². The first-order valence-corrected chi connectivity index (χ1v) is 4.25. The van der Waals surface area contributed by atoms with Crippen molar-refractivity contribution in [3.8, 4) is 17.2 Å². The molecule has 4 nitrogen and oxygen atoms in total. The van der Waals surface area contributed by atoms with Crippen LogP contribution in [-0.2, 0) is 0 Å². The number of phenolic OH excluding ortho intramolecular Hbond substituents is 1. The molecule has 0 atom stereocenters. The van der Waals surface area contributed by atoms with Crippen LogP contribution in [0.15, 0.2) is 24.8 Å². The maximum atomic E-state index is 11.4. The molecule has 0 radical (unpaired) electrons. The Morgan fingerprint density at radius 3 is 2.53 bits per heavy atom. The molecule has 0 spiro atoms. The predicted molar refractivity (Wildman–Crippen MR) is 55.7 cm³/mol. The van der Waals surface area contributed by atoms with Crippen molar-refractivity contribution >= 4 is 5.78 Å². The van der Waals surface area contributed by atoms with Crippen LogP contribution < -0.4 is 9.47 Å². The van der Waals surface area contributed by atoms with Crippen molar-refractivity contribution in [3.05, 3.63) is 30.4 Å². The number of ketones is 1. The number of rotatable bonds is 4. The second-order valence-electron chi connectivity index (χ2n) is 2.79. The van der Waals surface area contributed by atoms with Crippen LogP contribution in [0.4, 0.5) is 0 Å². The lowest BCUT2D eigenvalue weighted by molar-refractivity contribution is 0.104. The summed E-state index contributed by atoms with van der Waals surface area (Å²) in [6, 6.07) is 2.87. The van der Waals surface area contributed by atoms with Crippen molar-refractivity contribution in [1.29, 1.82) is 0 Å². The Morgan fingerprint density at radius 2 is 2.07 bits per heavy atom. The molecule has 0 aromatic heterocycles. The van der Waals surface area contributed by atoms with Gasteiger partial charge in [-0.25, -0.2) is 0 Å². The summed E-state index contributed by atoms with van der Waals surface area (Å²) in [4.78, 5) is 11.4. The summed E-state index contributed by atoms with van der Waals surface area (Å²) < 4.78 is 9.91. The second-order valence-corrected chi connectivity index (χ2v) is 2.79. The van der Waals surface area contributed by atoms with E-state index in [1.54, 1.807) is 0 Å². The van der Waals surface area contributed by atoms with Crippen LogP contribution in [0.5, 0.6) is 17.2 Å². The molecule has 0 aliphatic heterocycles. The van der Waals surface area contributed by atoms with Gasteiger partial charge in [-0.1, -0.05) is 6.58 Å². The Hall–Kier alpha value is -1.97. The van der Waals surface area contributed by atoms with Gasteiger partial charge in [-0.05, 0) is 6.08 Å². The minimum atomic E-state index is -0.396. The summed E-state index contributed by atoms with van der Waals surface area (Å²) in [5.41, 5.74) is 0.0910. The molecule has 1 N–H and O–H groups in total. The lowest BCUT2D eigenvalue weighted by atomic mass is 10.1. The molecule has 0 unspecified atom stereocenters. The van der Waals surface area contributed by atoms with E-state index in [1.165, 1.54) is 26.4 Å². The minimum absolute atomic E-state index is 0.0910. The smallest absolute Gasteiger partial charge is 0.192 e. The summed E-state index contributed by atoms with van der Waals surface area (Å²) in [7, 11) is 2.87. The van der Waals surface area contributed by atoms with E-state index in [9.17, 15) is 9.90 Å². The molecule has 0 fully saturated rings. The summed E-state index contributed by atoms with van der Waals surface area (Å²) in [6.45, 7) is 3.35. The van der Waals surface area contributed by atoms with Crippen LogP contribution in [0.1, 0.15) is 10.4 Å². The van der Waals surface area contributed by atoms with Crippen LogP contribution in [-0.4, -0.2) is 25.1 Å². The molecule has 0 amide bonds. The van der Waals surface area contributed by atoms with E-state index in [1.807, 2.05) is 0 Å². The van der Waals surface area contributed by atoms with Crippen LogP contribution >= 0.6 is 0 Å². The second kappa shape index (κ2) is 4.50. The molecule has 0 aliphatic rings. The Labute approximate surface area is 87.7 Å². The first-order valence-electron chi connectivity index (χ1n) is 4.25. The SMILES string of the molecule is C=CC(=O)c1c(O)cc(OC)cc1OC. The molecule has 1 aromatic carbocycles. The highest BCUT2D eigenvalue weighted by Crippen LogP contribution is 2.33. The van der Waals surface area contributed by atoms with Gasteiger partial charge in [-0.3, -0.25) is 4.79 Å². The highest BCUT2D eigenvalue weighted by atomic mass is 16.5. The summed E-state index contributed by atoms with van der Waals surface area (Å²) >= 11 is 0. The molecule has 0 saturated carbocycles. The lowest BCUT2D eigenvalue weighted by Gasteiger charge is -2.10. The topological polar surface area (TPSA) is 55.8 Å². The average Bonchev–Trinajstić information content (AvgIpc) is 2.26. The van der Waals surface area contributed by atoms with Crippen molar-refractivity contribution < 1.29 is 19.4 Å². The Morgan fingerprint density at radius 1 is 1.40 bits per heavy atom. The largest absolute Gasteiger partial charge is 0.507 e. The fraction of sp³-hybridized carbons (Fsp3) is 0.182. The number of carbonyl (C=O) groups excluding carboxylic acids is 1. The normalized spacial score (nSPS) is 9.47. The Kier molecular flexibility index (Phi) is 3.33. The van der Waals surface area contributed by atoms with Gasteiger partial charge >= 0.3 is 0 Å². The van der Waals surface area contributed by atoms with Gasteiger partial charge in [0.2, 0.25) is 0 Å². The molecule has 0 aliphatic carbocycles. The van der Waals surface area contributed by atoms with Gasteiger partial charge < -0.3 is 14.6 Å². The van der Waals surface area contributed by atoms with Gasteiger partial charge in [0.25, 0.3) is 0 Å². The van der Waals surface area contributed by atoms with Crippen LogP contribution in [0.2, 0.25) is 0 Å². The molecule has 4 heteroatoms. The third kappa shape index (κ3) is 2.10. The zero-order valence-corrected chi connectivity index (χ0v) is 8.61. The maximum absolute atomic E-state index is 11.4. The van der Waals surface area contributed by atoms with Gasteiger partial charge in [0.1, 0.15) is 22.8 Å². The van der Waals surface area contributed by atoms with Crippen molar-refractivity contribution in [3.63, 3.8) is 0 Å². The highest BCUT2D eigenvalue weighted by Gasteiger charge is 2.16. The van der Waals surface area contributed by atoms with E-state index in [-0.39, 0.29) is 17.1 Å². The van der Waals surface area contributed by atoms with E-state index < -0.39 is 5.78 Å². The number of allylic oxidation sites excluding steroid dienone is 1. The van der Waals surface area contributed by atoms with Gasteiger partial charge in [0.15, 0.2) is 5.78 Å². The number of hydrogen-bond donors (Lipinski definition) is 1. The zero-order chi connectivity index (χ0) is 11.4. The number of carbonyl (C=O) groups is 1. The van der Waals surface area contributed by atoms with Gasteiger partial charge in [0.05, 0.1) is 14.2 Å². The molecular formula is C11H12O4. The van der Waals surface area contributed by atoms with Crippen molar-refractivity contribution in [2.45, 2.75) is 0 Å². The molecule has 1 aromatic rings.